The first kappa shape index (κ1) is 9.80. The van der Waals surface area contributed by atoms with E-state index in [1.807, 2.05) is 0 Å². The van der Waals surface area contributed by atoms with Crippen molar-refractivity contribution >= 4 is 16.3 Å². The molecule has 0 spiro atoms. The maximum atomic E-state index is 2.40. The highest BCUT2D eigenvalue weighted by Gasteiger charge is 2.31. The predicted molar refractivity (Wildman–Crippen MR) is 80.0 cm³/mol. The predicted octanol–water partition coefficient (Wildman–Crippen LogP) is 4.81. The second-order valence-corrected chi connectivity index (χ2v) is 5.80. The molecule has 0 heterocycles. The highest BCUT2D eigenvalue weighted by atomic mass is 14.4. The molecule has 0 radical (unpaired) electrons. The lowest BCUT2D eigenvalue weighted by molar-refractivity contribution is 1.09. The lowest BCUT2D eigenvalue weighted by Gasteiger charge is -2.09. The van der Waals surface area contributed by atoms with Crippen LogP contribution in [0.1, 0.15) is 24.0 Å². The number of rotatable bonds is 0. The second kappa shape index (κ2) is 3.27. The Bertz CT molecular complexity index is 828. The molecule has 3 aliphatic rings. The molecular formula is C19H14. The van der Waals surface area contributed by atoms with Gasteiger partial charge in [0.15, 0.2) is 0 Å². The molecule has 0 unspecified atom stereocenters. The summed E-state index contributed by atoms with van der Waals surface area (Å²) in [7, 11) is 0. The molecule has 2 aromatic carbocycles. The summed E-state index contributed by atoms with van der Waals surface area (Å²) in [5.74, 6) is 0. The molecule has 0 fully saturated rings. The number of benzene rings is 2. The minimum atomic E-state index is 1.14. The van der Waals surface area contributed by atoms with Crippen LogP contribution in [0.15, 0.2) is 65.3 Å². The molecule has 0 atom stereocenters. The Morgan fingerprint density at radius 3 is 2.63 bits per heavy atom. The van der Waals surface area contributed by atoms with E-state index >= 15 is 0 Å². The van der Waals surface area contributed by atoms with Crippen LogP contribution in [0.5, 0.6) is 0 Å². The highest BCUT2D eigenvalue weighted by molar-refractivity contribution is 5.97. The normalized spacial score (nSPS) is 19.4. The molecule has 0 aromatic heterocycles. The van der Waals surface area contributed by atoms with Gasteiger partial charge in [-0.2, -0.15) is 0 Å². The molecule has 0 bridgehead atoms. The van der Waals surface area contributed by atoms with Crippen molar-refractivity contribution in [2.75, 3.05) is 0 Å². The topological polar surface area (TPSA) is 0 Å². The van der Waals surface area contributed by atoms with E-state index in [2.05, 4.69) is 48.6 Å². The Labute approximate surface area is 112 Å². The van der Waals surface area contributed by atoms with Gasteiger partial charge in [0.1, 0.15) is 0 Å². The van der Waals surface area contributed by atoms with Gasteiger partial charge in [-0.3, -0.25) is 0 Å². The Morgan fingerprint density at radius 2 is 1.74 bits per heavy atom. The molecule has 5 rings (SSSR count). The second-order valence-electron chi connectivity index (χ2n) is 5.80. The molecule has 0 heteroatoms. The Morgan fingerprint density at radius 1 is 0.895 bits per heavy atom. The van der Waals surface area contributed by atoms with Gasteiger partial charge in [-0.15, -0.1) is 0 Å². The zero-order valence-electron chi connectivity index (χ0n) is 10.7. The van der Waals surface area contributed by atoms with Crippen LogP contribution in [-0.2, 0) is 6.42 Å². The third-order valence-electron chi connectivity index (χ3n) is 4.73. The maximum absolute atomic E-state index is 2.40. The van der Waals surface area contributed by atoms with Crippen LogP contribution < -0.4 is 0 Å². The summed E-state index contributed by atoms with van der Waals surface area (Å²) in [6.07, 6.45) is 8.13. The van der Waals surface area contributed by atoms with Crippen molar-refractivity contribution in [2.24, 2.45) is 0 Å². The van der Waals surface area contributed by atoms with Gasteiger partial charge in [0.2, 0.25) is 0 Å². The van der Waals surface area contributed by atoms with Crippen molar-refractivity contribution in [1.82, 2.24) is 0 Å². The summed E-state index contributed by atoms with van der Waals surface area (Å²) >= 11 is 0. The first-order valence-electron chi connectivity index (χ1n) is 7.03. The summed E-state index contributed by atoms with van der Waals surface area (Å²) in [4.78, 5) is 0. The lowest BCUT2D eigenvalue weighted by atomic mass is 9.95. The SMILES string of the molecule is C1=CC2=C(C1)C1=C(C2)Cc2cc3ccccc3cc21. The lowest BCUT2D eigenvalue weighted by Crippen LogP contribution is -1.90. The summed E-state index contributed by atoms with van der Waals surface area (Å²) in [6.45, 7) is 0. The van der Waals surface area contributed by atoms with Crippen LogP contribution in [-0.4, -0.2) is 0 Å². The van der Waals surface area contributed by atoms with Crippen LogP contribution in [0.4, 0.5) is 0 Å². The standard InChI is InChI=1S/C19H14/c1-2-5-13-11-18-15(8-12(13)4-1)10-16-9-14-6-3-7-17(14)19(16)18/h1-6,8,11H,7,9-10H2. The van der Waals surface area contributed by atoms with E-state index in [1.54, 1.807) is 22.3 Å². The molecule has 0 N–H and O–H groups in total. The van der Waals surface area contributed by atoms with Gasteiger partial charge in [-0.25, -0.2) is 0 Å². The van der Waals surface area contributed by atoms with Crippen molar-refractivity contribution in [3.05, 3.63) is 76.4 Å². The highest BCUT2D eigenvalue weighted by Crippen LogP contribution is 2.50. The zero-order valence-corrected chi connectivity index (χ0v) is 10.7. The van der Waals surface area contributed by atoms with Crippen LogP contribution in [0, 0.1) is 0 Å². The summed E-state index contributed by atoms with van der Waals surface area (Å²) in [5.41, 5.74) is 9.44. The van der Waals surface area contributed by atoms with Crippen LogP contribution in [0.25, 0.3) is 16.3 Å². The van der Waals surface area contributed by atoms with E-state index in [9.17, 15) is 0 Å². The molecule has 19 heavy (non-hydrogen) atoms. The summed E-state index contributed by atoms with van der Waals surface area (Å²) in [5, 5.41) is 2.75. The molecule has 0 aliphatic heterocycles. The maximum Gasteiger partial charge on any atom is -0.00480 e. The molecule has 0 saturated heterocycles. The first-order valence-corrected chi connectivity index (χ1v) is 7.03. The van der Waals surface area contributed by atoms with Crippen molar-refractivity contribution in [3.63, 3.8) is 0 Å². The van der Waals surface area contributed by atoms with E-state index in [0.29, 0.717) is 0 Å². The monoisotopic (exact) mass is 242 g/mol. The van der Waals surface area contributed by atoms with E-state index in [4.69, 9.17) is 0 Å². The van der Waals surface area contributed by atoms with Crippen molar-refractivity contribution in [2.45, 2.75) is 19.3 Å². The number of hydrogen-bond acceptors (Lipinski definition) is 0. The molecule has 3 aliphatic carbocycles. The van der Waals surface area contributed by atoms with Gasteiger partial charge >= 0.3 is 0 Å². The van der Waals surface area contributed by atoms with Crippen LogP contribution >= 0.6 is 0 Å². The van der Waals surface area contributed by atoms with Crippen LogP contribution in [0.3, 0.4) is 0 Å². The molecular weight excluding hydrogens is 228 g/mol. The van der Waals surface area contributed by atoms with E-state index in [1.165, 1.54) is 28.3 Å². The van der Waals surface area contributed by atoms with Gasteiger partial charge in [0.25, 0.3) is 0 Å². The summed E-state index contributed by atoms with van der Waals surface area (Å²) < 4.78 is 0. The van der Waals surface area contributed by atoms with E-state index in [-0.39, 0.29) is 0 Å². The average Bonchev–Trinajstić information content (AvgIpc) is 3.05. The molecule has 90 valence electrons. The number of hydrogen-bond donors (Lipinski definition) is 0. The average molecular weight is 242 g/mol. The van der Waals surface area contributed by atoms with Crippen molar-refractivity contribution < 1.29 is 0 Å². The number of allylic oxidation sites excluding steroid dienone is 6. The summed E-state index contributed by atoms with van der Waals surface area (Å²) in [6, 6.07) is 13.5. The fourth-order valence-corrected chi connectivity index (χ4v) is 3.91. The van der Waals surface area contributed by atoms with E-state index < -0.39 is 0 Å². The Kier molecular flexibility index (Phi) is 1.69. The minimum absolute atomic E-state index is 1.14. The smallest absolute Gasteiger partial charge is 0.00480 e. The van der Waals surface area contributed by atoms with Crippen molar-refractivity contribution in [1.29, 1.82) is 0 Å². The van der Waals surface area contributed by atoms with E-state index in [0.717, 1.165) is 12.8 Å². The van der Waals surface area contributed by atoms with Crippen LogP contribution in [0.2, 0.25) is 0 Å². The fourth-order valence-electron chi connectivity index (χ4n) is 3.91. The Balaban J connectivity index is 1.77. The minimum Gasteiger partial charge on any atom is -0.0798 e. The van der Waals surface area contributed by atoms with Gasteiger partial charge in [0, 0.05) is 0 Å². The third kappa shape index (κ3) is 1.19. The van der Waals surface area contributed by atoms with Crippen molar-refractivity contribution in [3.8, 4) is 0 Å². The third-order valence-corrected chi connectivity index (χ3v) is 4.73. The van der Waals surface area contributed by atoms with Gasteiger partial charge in [-0.05, 0) is 63.9 Å². The van der Waals surface area contributed by atoms with Gasteiger partial charge in [0.05, 0.1) is 0 Å². The zero-order chi connectivity index (χ0) is 12.4. The number of fused-ring (bicyclic) bond motifs is 4. The largest absolute Gasteiger partial charge is 0.0798 e. The fraction of sp³-hybridized carbons (Fsp3) is 0.158. The molecule has 0 amide bonds. The van der Waals surface area contributed by atoms with Gasteiger partial charge < -0.3 is 0 Å². The van der Waals surface area contributed by atoms with Gasteiger partial charge in [-0.1, -0.05) is 48.1 Å². The molecule has 2 aromatic rings. The first-order chi connectivity index (χ1) is 9.40. The molecule has 0 saturated carbocycles. The quantitative estimate of drug-likeness (QED) is 0.622. The molecule has 0 nitrogen and oxygen atoms in total. The Hall–Kier alpha value is -2.08.